The third kappa shape index (κ3) is 3.76. The van der Waals surface area contributed by atoms with Gasteiger partial charge in [0.2, 0.25) is 0 Å². The summed E-state index contributed by atoms with van der Waals surface area (Å²) in [7, 11) is 0. The van der Waals surface area contributed by atoms with E-state index >= 15 is 0 Å². The Labute approximate surface area is 133 Å². The van der Waals surface area contributed by atoms with Crippen LogP contribution in [0.1, 0.15) is 5.56 Å². The molecule has 0 saturated heterocycles. The lowest BCUT2D eigenvalue weighted by Gasteiger charge is -2.12. The third-order valence-electron chi connectivity index (χ3n) is 2.48. The SMILES string of the molecule is Fc1cc(Cl)c(NCc2ccc(Cl)cc2Br)c(Cl)c1. The second-order valence-corrected chi connectivity index (χ2v) is 5.94. The summed E-state index contributed by atoms with van der Waals surface area (Å²) >= 11 is 21.2. The van der Waals surface area contributed by atoms with E-state index in [0.29, 0.717) is 17.3 Å². The van der Waals surface area contributed by atoms with Crippen molar-refractivity contribution in [1.29, 1.82) is 0 Å². The highest BCUT2D eigenvalue weighted by atomic mass is 79.9. The average Bonchev–Trinajstić information content (AvgIpc) is 2.30. The van der Waals surface area contributed by atoms with Crippen molar-refractivity contribution in [2.45, 2.75) is 6.54 Å². The van der Waals surface area contributed by atoms with E-state index in [2.05, 4.69) is 21.2 Å². The fourth-order valence-electron chi connectivity index (χ4n) is 1.56. The van der Waals surface area contributed by atoms with Crippen LogP contribution in [0.5, 0.6) is 0 Å². The number of halogens is 5. The molecule has 0 heterocycles. The molecular weight excluding hydrogens is 375 g/mol. The molecule has 0 unspecified atom stereocenters. The van der Waals surface area contributed by atoms with E-state index in [1.807, 2.05) is 6.07 Å². The largest absolute Gasteiger partial charge is 0.379 e. The van der Waals surface area contributed by atoms with Crippen LogP contribution in [0.25, 0.3) is 0 Å². The van der Waals surface area contributed by atoms with Gasteiger partial charge in [-0.25, -0.2) is 4.39 Å². The first-order chi connectivity index (χ1) is 8.97. The summed E-state index contributed by atoms with van der Waals surface area (Å²) in [5, 5.41) is 4.22. The molecule has 1 N–H and O–H groups in total. The highest BCUT2D eigenvalue weighted by Gasteiger charge is 2.09. The van der Waals surface area contributed by atoms with Gasteiger partial charge in [-0.05, 0) is 29.8 Å². The Hall–Kier alpha value is -0.480. The van der Waals surface area contributed by atoms with Crippen LogP contribution >= 0.6 is 50.7 Å². The van der Waals surface area contributed by atoms with Gasteiger partial charge in [-0.2, -0.15) is 0 Å². The van der Waals surface area contributed by atoms with Crippen molar-refractivity contribution in [3.8, 4) is 0 Å². The zero-order valence-electron chi connectivity index (χ0n) is 9.48. The molecule has 0 amide bonds. The number of hydrogen-bond donors (Lipinski definition) is 1. The van der Waals surface area contributed by atoms with Crippen LogP contribution in [0.4, 0.5) is 10.1 Å². The van der Waals surface area contributed by atoms with Crippen molar-refractivity contribution >= 4 is 56.4 Å². The second kappa shape index (κ2) is 6.31. The standard InChI is InChI=1S/C13H8BrCl3FN/c14-10-3-8(15)2-1-7(10)6-19-13-11(16)4-9(18)5-12(13)17/h1-5,19H,6H2. The lowest BCUT2D eigenvalue weighted by atomic mass is 10.2. The first-order valence-corrected chi connectivity index (χ1v) is 7.22. The first kappa shape index (κ1) is 14.9. The quantitative estimate of drug-likeness (QED) is 0.669. The van der Waals surface area contributed by atoms with Crippen LogP contribution in [-0.4, -0.2) is 0 Å². The molecule has 0 fully saturated rings. The van der Waals surface area contributed by atoms with Gasteiger partial charge in [0, 0.05) is 16.0 Å². The minimum Gasteiger partial charge on any atom is -0.379 e. The van der Waals surface area contributed by atoms with E-state index in [1.54, 1.807) is 12.1 Å². The van der Waals surface area contributed by atoms with Crippen LogP contribution in [0, 0.1) is 5.82 Å². The Bertz CT molecular complexity index is 596. The van der Waals surface area contributed by atoms with Crippen molar-refractivity contribution in [1.82, 2.24) is 0 Å². The molecule has 0 saturated carbocycles. The van der Waals surface area contributed by atoms with E-state index in [1.165, 1.54) is 12.1 Å². The molecule has 1 nitrogen and oxygen atoms in total. The summed E-state index contributed by atoms with van der Waals surface area (Å²) in [6.07, 6.45) is 0. The molecule has 2 rings (SSSR count). The number of rotatable bonds is 3. The lowest BCUT2D eigenvalue weighted by Crippen LogP contribution is -2.01. The van der Waals surface area contributed by atoms with E-state index in [9.17, 15) is 4.39 Å². The van der Waals surface area contributed by atoms with Gasteiger partial charge in [-0.15, -0.1) is 0 Å². The summed E-state index contributed by atoms with van der Waals surface area (Å²) in [4.78, 5) is 0. The van der Waals surface area contributed by atoms with Crippen molar-refractivity contribution < 1.29 is 4.39 Å². The van der Waals surface area contributed by atoms with E-state index in [-0.39, 0.29) is 10.0 Å². The highest BCUT2D eigenvalue weighted by Crippen LogP contribution is 2.32. The van der Waals surface area contributed by atoms with E-state index in [4.69, 9.17) is 34.8 Å². The maximum Gasteiger partial charge on any atom is 0.126 e. The number of nitrogens with one attached hydrogen (secondary N) is 1. The predicted molar refractivity (Wildman–Crippen MR) is 82.9 cm³/mol. The van der Waals surface area contributed by atoms with Crippen molar-refractivity contribution in [2.75, 3.05) is 5.32 Å². The zero-order chi connectivity index (χ0) is 14.0. The van der Waals surface area contributed by atoms with Crippen molar-refractivity contribution in [2.24, 2.45) is 0 Å². The fourth-order valence-corrected chi connectivity index (χ4v) is 2.98. The molecule has 0 aliphatic heterocycles. The van der Waals surface area contributed by atoms with Gasteiger partial charge >= 0.3 is 0 Å². The van der Waals surface area contributed by atoms with Gasteiger partial charge in [0.25, 0.3) is 0 Å². The molecule has 100 valence electrons. The Morgan fingerprint density at radius 3 is 2.26 bits per heavy atom. The van der Waals surface area contributed by atoms with Gasteiger partial charge < -0.3 is 5.32 Å². The molecule has 6 heteroatoms. The second-order valence-electron chi connectivity index (χ2n) is 3.83. The molecule has 0 aliphatic rings. The first-order valence-electron chi connectivity index (χ1n) is 5.29. The molecule has 0 radical (unpaired) electrons. The normalized spacial score (nSPS) is 10.6. The number of anilines is 1. The maximum atomic E-state index is 13.1. The van der Waals surface area contributed by atoms with Crippen LogP contribution in [0.3, 0.4) is 0 Å². The Balaban J connectivity index is 2.19. The molecule has 0 spiro atoms. The summed E-state index contributed by atoms with van der Waals surface area (Å²) < 4.78 is 13.9. The van der Waals surface area contributed by atoms with Gasteiger partial charge in [0.15, 0.2) is 0 Å². The average molecular weight is 383 g/mol. The molecular formula is C13H8BrCl3FN. The van der Waals surface area contributed by atoms with E-state index in [0.717, 1.165) is 10.0 Å². The van der Waals surface area contributed by atoms with Crippen molar-refractivity contribution in [3.63, 3.8) is 0 Å². The van der Waals surface area contributed by atoms with Crippen LogP contribution in [0.15, 0.2) is 34.8 Å². The van der Waals surface area contributed by atoms with Crippen LogP contribution in [-0.2, 0) is 6.54 Å². The van der Waals surface area contributed by atoms with Crippen molar-refractivity contribution in [3.05, 3.63) is 61.3 Å². The Morgan fingerprint density at radius 1 is 1.05 bits per heavy atom. The fraction of sp³-hybridized carbons (Fsp3) is 0.0769. The highest BCUT2D eigenvalue weighted by molar-refractivity contribution is 9.10. The number of hydrogen-bond acceptors (Lipinski definition) is 1. The monoisotopic (exact) mass is 381 g/mol. The summed E-state index contributed by atoms with van der Waals surface area (Å²) in [6, 6.07) is 7.90. The smallest absolute Gasteiger partial charge is 0.126 e. The van der Waals surface area contributed by atoms with Gasteiger partial charge in [-0.1, -0.05) is 56.8 Å². The molecule has 0 aromatic heterocycles. The Morgan fingerprint density at radius 2 is 1.68 bits per heavy atom. The van der Waals surface area contributed by atoms with Crippen LogP contribution < -0.4 is 5.32 Å². The van der Waals surface area contributed by atoms with Gasteiger partial charge in [0.05, 0.1) is 15.7 Å². The molecule has 0 atom stereocenters. The molecule has 2 aromatic rings. The molecule has 0 aliphatic carbocycles. The van der Waals surface area contributed by atoms with E-state index < -0.39 is 5.82 Å². The third-order valence-corrected chi connectivity index (χ3v) is 4.05. The predicted octanol–water partition coefficient (Wildman–Crippen LogP) is 6.16. The minimum absolute atomic E-state index is 0.245. The lowest BCUT2D eigenvalue weighted by molar-refractivity contribution is 0.628. The molecule has 19 heavy (non-hydrogen) atoms. The topological polar surface area (TPSA) is 12.0 Å². The van der Waals surface area contributed by atoms with Gasteiger partial charge in [0.1, 0.15) is 5.82 Å². The maximum absolute atomic E-state index is 13.1. The molecule has 0 bridgehead atoms. The Kier molecular flexibility index (Phi) is 4.96. The number of benzene rings is 2. The summed E-state index contributed by atoms with van der Waals surface area (Å²) in [5.41, 5.74) is 1.49. The zero-order valence-corrected chi connectivity index (χ0v) is 13.3. The minimum atomic E-state index is -0.465. The summed E-state index contributed by atoms with van der Waals surface area (Å²) in [6.45, 7) is 0.489. The van der Waals surface area contributed by atoms with Crippen LogP contribution in [0.2, 0.25) is 15.1 Å². The molecule has 2 aromatic carbocycles. The summed E-state index contributed by atoms with van der Waals surface area (Å²) in [5.74, 6) is -0.465. The van der Waals surface area contributed by atoms with Gasteiger partial charge in [-0.3, -0.25) is 0 Å².